The van der Waals surface area contributed by atoms with E-state index in [9.17, 15) is 9.59 Å². The molecule has 1 aromatic carbocycles. The molecule has 10 heteroatoms. The van der Waals surface area contributed by atoms with Crippen molar-refractivity contribution < 1.29 is 0 Å². The van der Waals surface area contributed by atoms with E-state index in [-0.39, 0.29) is 11.1 Å². The van der Waals surface area contributed by atoms with Gasteiger partial charge in [-0.15, -0.1) is 21.5 Å². The van der Waals surface area contributed by atoms with Crippen LogP contribution in [0.15, 0.2) is 39.0 Å². The largest absolute Gasteiger partial charge is 0.290 e. The zero-order chi connectivity index (χ0) is 21.9. The van der Waals surface area contributed by atoms with Gasteiger partial charge in [-0.05, 0) is 38.5 Å². The number of para-hydroxylation sites is 1. The summed E-state index contributed by atoms with van der Waals surface area (Å²) in [6.07, 6.45) is 0. The zero-order valence-corrected chi connectivity index (χ0v) is 19.2. The lowest BCUT2D eigenvalue weighted by molar-refractivity contribution is 0.726. The third kappa shape index (κ3) is 2.93. The molecule has 0 saturated heterocycles. The Hall–Kier alpha value is -2.98. The fourth-order valence-corrected chi connectivity index (χ4v) is 5.76. The van der Waals surface area contributed by atoms with Gasteiger partial charge in [0.25, 0.3) is 11.1 Å². The second-order valence-corrected chi connectivity index (χ2v) is 9.47. The predicted molar refractivity (Wildman–Crippen MR) is 124 cm³/mol. The first-order valence-corrected chi connectivity index (χ1v) is 11.7. The molecule has 0 unspecified atom stereocenters. The van der Waals surface area contributed by atoms with Gasteiger partial charge >= 0.3 is 0 Å². The molecule has 0 radical (unpaired) electrons. The van der Waals surface area contributed by atoms with E-state index < -0.39 is 0 Å². The first-order chi connectivity index (χ1) is 14.9. The lowest BCUT2D eigenvalue weighted by Gasteiger charge is -2.10. The Morgan fingerprint density at radius 3 is 2.65 bits per heavy atom. The summed E-state index contributed by atoms with van der Waals surface area (Å²) in [5, 5.41) is 10.6. The molecule has 0 bridgehead atoms. The van der Waals surface area contributed by atoms with Crippen LogP contribution in [-0.2, 0) is 19.3 Å². The number of thiophene rings is 1. The predicted octanol–water partition coefficient (Wildman–Crippen LogP) is 3.28. The van der Waals surface area contributed by atoms with E-state index in [0.717, 1.165) is 20.8 Å². The summed E-state index contributed by atoms with van der Waals surface area (Å²) in [5.74, 6) is 1.68. The molecule has 0 fully saturated rings. The van der Waals surface area contributed by atoms with Gasteiger partial charge in [-0.2, -0.15) is 0 Å². The number of aromatic nitrogens is 6. The Bertz CT molecular complexity index is 1610. The quantitative estimate of drug-likeness (QED) is 0.307. The molecule has 158 valence electrons. The van der Waals surface area contributed by atoms with Crippen LogP contribution in [0.25, 0.3) is 26.9 Å². The maximum Gasteiger partial charge on any atom is 0.262 e. The molecule has 8 nitrogen and oxygen atoms in total. The highest BCUT2D eigenvalue weighted by atomic mass is 32.2. The Labute approximate surface area is 185 Å². The molecule has 0 atom stereocenters. The number of rotatable bonds is 4. The molecule has 0 aliphatic rings. The Kier molecular flexibility index (Phi) is 4.71. The van der Waals surface area contributed by atoms with E-state index in [4.69, 9.17) is 4.98 Å². The Morgan fingerprint density at radius 1 is 1.10 bits per heavy atom. The second-order valence-electron chi connectivity index (χ2n) is 7.33. The van der Waals surface area contributed by atoms with Crippen molar-refractivity contribution in [1.29, 1.82) is 0 Å². The normalized spacial score (nSPS) is 11.9. The number of nitrogens with zero attached hydrogens (tertiary/aromatic N) is 6. The van der Waals surface area contributed by atoms with Crippen molar-refractivity contribution in [3.8, 4) is 0 Å². The zero-order valence-electron chi connectivity index (χ0n) is 17.5. The van der Waals surface area contributed by atoms with Crippen LogP contribution in [-0.4, -0.2) is 28.7 Å². The number of fused-ring (bicyclic) bond motifs is 4. The minimum atomic E-state index is -0.0739. The summed E-state index contributed by atoms with van der Waals surface area (Å²) >= 11 is 2.98. The summed E-state index contributed by atoms with van der Waals surface area (Å²) in [6.45, 7) is 6.39. The fraction of sp³-hybridized carbons (Fsp3) is 0.286. The number of benzene rings is 1. The standard InChI is InChI=1S/C21H20N6O2S2/c1-5-26-18(28)13-8-6-7-9-14(13)27-15(23-24-20(26)27)10-30-21-22-17-16(19(29)25(21)4)11(2)12(3)31-17/h6-9H,5,10H2,1-4H3. The van der Waals surface area contributed by atoms with Crippen LogP contribution in [0.1, 0.15) is 23.2 Å². The van der Waals surface area contributed by atoms with Gasteiger partial charge in [0.15, 0.2) is 5.16 Å². The van der Waals surface area contributed by atoms with Gasteiger partial charge in [-0.1, -0.05) is 23.9 Å². The van der Waals surface area contributed by atoms with Crippen molar-refractivity contribution in [3.63, 3.8) is 0 Å². The van der Waals surface area contributed by atoms with Gasteiger partial charge in [0.05, 0.1) is 22.0 Å². The lowest BCUT2D eigenvalue weighted by Crippen LogP contribution is -2.22. The first kappa shape index (κ1) is 20.0. The van der Waals surface area contributed by atoms with E-state index >= 15 is 0 Å². The Balaban J connectivity index is 1.63. The van der Waals surface area contributed by atoms with Crippen molar-refractivity contribution in [2.24, 2.45) is 7.05 Å². The minimum Gasteiger partial charge on any atom is -0.290 e. The number of hydrogen-bond acceptors (Lipinski definition) is 7. The maximum atomic E-state index is 12.9. The van der Waals surface area contributed by atoms with E-state index in [2.05, 4.69) is 10.2 Å². The average Bonchev–Trinajstić information content (AvgIpc) is 3.31. The van der Waals surface area contributed by atoms with Crippen LogP contribution in [0.2, 0.25) is 0 Å². The number of thioether (sulfide) groups is 1. The van der Waals surface area contributed by atoms with Crippen molar-refractivity contribution in [1.82, 2.24) is 28.7 Å². The average molecular weight is 453 g/mol. The molecule has 4 heterocycles. The van der Waals surface area contributed by atoms with Gasteiger partial charge in [-0.25, -0.2) is 4.98 Å². The van der Waals surface area contributed by atoms with E-state index in [1.54, 1.807) is 27.5 Å². The van der Waals surface area contributed by atoms with Crippen LogP contribution in [0.5, 0.6) is 0 Å². The van der Waals surface area contributed by atoms with Gasteiger partial charge in [0, 0.05) is 18.5 Å². The van der Waals surface area contributed by atoms with Crippen molar-refractivity contribution in [2.75, 3.05) is 0 Å². The molecular weight excluding hydrogens is 432 g/mol. The number of hydrogen-bond donors (Lipinski definition) is 0. The molecule has 31 heavy (non-hydrogen) atoms. The SMILES string of the molecule is CCn1c(=O)c2ccccc2n2c(CSc3nc4sc(C)c(C)c4c(=O)n3C)nnc12. The van der Waals surface area contributed by atoms with Crippen molar-refractivity contribution >= 4 is 50.0 Å². The topological polar surface area (TPSA) is 87.1 Å². The Morgan fingerprint density at radius 2 is 1.87 bits per heavy atom. The molecule has 0 amide bonds. The van der Waals surface area contributed by atoms with Gasteiger partial charge < -0.3 is 0 Å². The molecule has 0 saturated carbocycles. The summed E-state index contributed by atoms with van der Waals surface area (Å²) in [7, 11) is 1.75. The second kappa shape index (κ2) is 7.31. The van der Waals surface area contributed by atoms with Crippen molar-refractivity contribution in [2.45, 2.75) is 38.2 Å². The number of aryl methyl sites for hydroxylation is 3. The van der Waals surface area contributed by atoms with Crippen molar-refractivity contribution in [3.05, 3.63) is 61.2 Å². The highest BCUT2D eigenvalue weighted by Crippen LogP contribution is 2.29. The van der Waals surface area contributed by atoms with E-state index in [0.29, 0.717) is 39.8 Å². The maximum absolute atomic E-state index is 12.9. The van der Waals surface area contributed by atoms with Gasteiger partial charge in [0.2, 0.25) is 5.78 Å². The fourth-order valence-electron chi connectivity index (χ4n) is 3.81. The highest BCUT2D eigenvalue weighted by Gasteiger charge is 2.18. The molecule has 5 rings (SSSR count). The molecule has 4 aromatic heterocycles. The minimum absolute atomic E-state index is 0.0364. The molecule has 0 spiro atoms. The summed E-state index contributed by atoms with van der Waals surface area (Å²) in [5.41, 5.74) is 1.66. The van der Waals surface area contributed by atoms with Crippen LogP contribution < -0.4 is 11.1 Å². The summed E-state index contributed by atoms with van der Waals surface area (Å²) < 4.78 is 5.14. The monoisotopic (exact) mass is 452 g/mol. The third-order valence-electron chi connectivity index (χ3n) is 5.59. The molecular formula is C21H20N6O2S2. The third-order valence-corrected chi connectivity index (χ3v) is 7.72. The molecule has 0 aliphatic carbocycles. The van der Waals surface area contributed by atoms with E-state index in [1.165, 1.54) is 11.8 Å². The lowest BCUT2D eigenvalue weighted by atomic mass is 10.2. The highest BCUT2D eigenvalue weighted by molar-refractivity contribution is 7.98. The molecule has 0 N–H and O–H groups in total. The van der Waals surface area contributed by atoms with E-state index in [1.807, 2.05) is 49.4 Å². The van der Waals surface area contributed by atoms with Crippen LogP contribution in [0.3, 0.4) is 0 Å². The molecule has 5 aromatic rings. The summed E-state index contributed by atoms with van der Waals surface area (Å²) in [4.78, 5) is 32.3. The molecule has 0 aliphatic heterocycles. The van der Waals surface area contributed by atoms with Gasteiger partial charge in [-0.3, -0.25) is 23.1 Å². The summed E-state index contributed by atoms with van der Waals surface area (Å²) in [6, 6.07) is 7.47. The van der Waals surface area contributed by atoms with Gasteiger partial charge in [0.1, 0.15) is 10.7 Å². The van der Waals surface area contributed by atoms with Crippen LogP contribution in [0.4, 0.5) is 0 Å². The van der Waals surface area contributed by atoms with Crippen LogP contribution >= 0.6 is 23.1 Å². The first-order valence-electron chi connectivity index (χ1n) is 9.87. The smallest absolute Gasteiger partial charge is 0.262 e. The van der Waals surface area contributed by atoms with Crippen LogP contribution in [0, 0.1) is 13.8 Å².